The highest BCUT2D eigenvalue weighted by molar-refractivity contribution is 5.98. The van der Waals surface area contributed by atoms with Crippen LogP contribution in [0.4, 0.5) is 0 Å². The maximum absolute atomic E-state index is 13.0. The first-order valence-corrected chi connectivity index (χ1v) is 7.77. The topological polar surface area (TPSA) is 48.0 Å². The second kappa shape index (κ2) is 7.38. The first kappa shape index (κ1) is 16.5. The van der Waals surface area contributed by atoms with E-state index in [4.69, 9.17) is 14.2 Å². The van der Waals surface area contributed by atoms with Crippen molar-refractivity contribution in [1.82, 2.24) is 4.90 Å². The van der Waals surface area contributed by atoms with Gasteiger partial charge in [-0.2, -0.15) is 0 Å². The molecule has 1 aliphatic rings. The molecule has 1 heterocycles. The van der Waals surface area contributed by atoms with E-state index in [0.717, 1.165) is 25.8 Å². The number of carbonyl (C=O) groups excluding carboxylic acids is 1. The predicted octanol–water partition coefficient (Wildman–Crippen LogP) is 3.12. The molecule has 0 spiro atoms. The van der Waals surface area contributed by atoms with Gasteiger partial charge < -0.3 is 19.1 Å². The maximum Gasteiger partial charge on any atom is 0.258 e. The van der Waals surface area contributed by atoms with E-state index >= 15 is 0 Å². The molecule has 0 radical (unpaired) electrons. The molecule has 1 amide bonds. The van der Waals surface area contributed by atoms with Gasteiger partial charge in [-0.1, -0.05) is 6.92 Å². The minimum absolute atomic E-state index is 0.00403. The van der Waals surface area contributed by atoms with Gasteiger partial charge in [-0.3, -0.25) is 4.79 Å². The summed E-state index contributed by atoms with van der Waals surface area (Å²) in [5, 5.41) is 0. The molecule has 1 aromatic carbocycles. The van der Waals surface area contributed by atoms with Gasteiger partial charge in [-0.05, 0) is 25.7 Å². The van der Waals surface area contributed by atoms with Gasteiger partial charge in [0.15, 0.2) is 11.5 Å². The summed E-state index contributed by atoms with van der Waals surface area (Å²) >= 11 is 0. The lowest BCUT2D eigenvalue weighted by Gasteiger charge is -2.35. The molecule has 22 heavy (non-hydrogen) atoms. The fourth-order valence-electron chi connectivity index (χ4n) is 3.04. The second-order valence-electron chi connectivity index (χ2n) is 5.46. The van der Waals surface area contributed by atoms with Crippen molar-refractivity contribution >= 4 is 5.91 Å². The molecular formula is C17H25NO4. The third kappa shape index (κ3) is 3.13. The standard InChI is InChI=1S/C17H25NO4/c1-5-12-8-6-7-9-18(12)17(19)13-10-15(21-3)16(22-4)11-14(13)20-2/h10-12H,5-9H2,1-4H3. The van der Waals surface area contributed by atoms with Gasteiger partial charge in [0.05, 0.1) is 26.9 Å². The van der Waals surface area contributed by atoms with E-state index in [-0.39, 0.29) is 5.91 Å². The fraction of sp³-hybridized carbons (Fsp3) is 0.588. The van der Waals surface area contributed by atoms with E-state index < -0.39 is 0 Å². The van der Waals surface area contributed by atoms with Crippen LogP contribution in [0.5, 0.6) is 17.2 Å². The Morgan fingerprint density at radius 1 is 1.09 bits per heavy atom. The van der Waals surface area contributed by atoms with Crippen LogP contribution in [0.15, 0.2) is 12.1 Å². The molecular weight excluding hydrogens is 282 g/mol. The van der Waals surface area contributed by atoms with Crippen LogP contribution in [0, 0.1) is 0 Å². The zero-order chi connectivity index (χ0) is 16.1. The van der Waals surface area contributed by atoms with Crippen LogP contribution in [0.25, 0.3) is 0 Å². The number of amides is 1. The Morgan fingerprint density at radius 3 is 2.32 bits per heavy atom. The van der Waals surface area contributed by atoms with Crippen molar-refractivity contribution in [1.29, 1.82) is 0 Å². The van der Waals surface area contributed by atoms with E-state index in [0.29, 0.717) is 28.9 Å². The summed E-state index contributed by atoms with van der Waals surface area (Å²) in [6.45, 7) is 2.93. The van der Waals surface area contributed by atoms with E-state index in [1.165, 1.54) is 6.42 Å². The molecule has 1 unspecified atom stereocenters. The van der Waals surface area contributed by atoms with Crippen LogP contribution in [-0.4, -0.2) is 44.7 Å². The van der Waals surface area contributed by atoms with Gasteiger partial charge in [-0.15, -0.1) is 0 Å². The number of hydrogen-bond acceptors (Lipinski definition) is 4. The Bertz CT molecular complexity index is 530. The molecule has 0 aliphatic carbocycles. The first-order valence-electron chi connectivity index (χ1n) is 7.77. The summed E-state index contributed by atoms with van der Waals surface area (Å²) in [6.07, 6.45) is 4.28. The number of ether oxygens (including phenoxy) is 3. The number of hydrogen-bond donors (Lipinski definition) is 0. The fourth-order valence-corrected chi connectivity index (χ4v) is 3.04. The summed E-state index contributed by atoms with van der Waals surface area (Å²) in [6, 6.07) is 3.72. The maximum atomic E-state index is 13.0. The van der Waals surface area contributed by atoms with Crippen molar-refractivity contribution in [2.75, 3.05) is 27.9 Å². The number of rotatable bonds is 5. The average molecular weight is 307 g/mol. The number of nitrogens with zero attached hydrogens (tertiary/aromatic N) is 1. The first-order chi connectivity index (χ1) is 10.7. The normalized spacial score (nSPS) is 18.0. The molecule has 5 nitrogen and oxygen atoms in total. The number of carbonyl (C=O) groups is 1. The Balaban J connectivity index is 2.39. The van der Waals surface area contributed by atoms with Crippen LogP contribution in [-0.2, 0) is 0 Å². The van der Waals surface area contributed by atoms with Crippen molar-refractivity contribution in [2.45, 2.75) is 38.6 Å². The van der Waals surface area contributed by atoms with Crippen molar-refractivity contribution in [3.05, 3.63) is 17.7 Å². The van der Waals surface area contributed by atoms with Gasteiger partial charge in [0, 0.05) is 24.7 Å². The monoisotopic (exact) mass is 307 g/mol. The lowest BCUT2D eigenvalue weighted by Crippen LogP contribution is -2.43. The highest BCUT2D eigenvalue weighted by Gasteiger charge is 2.29. The molecule has 2 rings (SSSR count). The predicted molar refractivity (Wildman–Crippen MR) is 85.1 cm³/mol. The van der Waals surface area contributed by atoms with Gasteiger partial charge in [0.2, 0.25) is 0 Å². The summed E-state index contributed by atoms with van der Waals surface area (Å²) in [5.74, 6) is 1.62. The Kier molecular flexibility index (Phi) is 5.52. The van der Waals surface area contributed by atoms with Crippen molar-refractivity contribution in [3.63, 3.8) is 0 Å². The molecule has 1 atom stereocenters. The van der Waals surface area contributed by atoms with Gasteiger partial charge in [-0.25, -0.2) is 0 Å². The summed E-state index contributed by atoms with van der Waals surface area (Å²) in [5.41, 5.74) is 0.528. The number of piperidine rings is 1. The van der Waals surface area contributed by atoms with E-state index in [2.05, 4.69) is 6.92 Å². The molecule has 1 aromatic rings. The Hall–Kier alpha value is -1.91. The zero-order valence-electron chi connectivity index (χ0n) is 13.8. The molecule has 0 saturated carbocycles. The van der Waals surface area contributed by atoms with Crippen LogP contribution < -0.4 is 14.2 Å². The van der Waals surface area contributed by atoms with Crippen molar-refractivity contribution < 1.29 is 19.0 Å². The molecule has 0 bridgehead atoms. The molecule has 0 aromatic heterocycles. The Morgan fingerprint density at radius 2 is 1.73 bits per heavy atom. The molecule has 1 saturated heterocycles. The molecule has 5 heteroatoms. The lowest BCUT2D eigenvalue weighted by atomic mass is 9.98. The molecule has 1 aliphatic heterocycles. The number of likely N-dealkylation sites (tertiary alicyclic amines) is 1. The molecule has 0 N–H and O–H groups in total. The summed E-state index contributed by atoms with van der Waals surface area (Å²) < 4.78 is 16.0. The molecule has 1 fully saturated rings. The third-order valence-corrected chi connectivity index (χ3v) is 4.30. The van der Waals surface area contributed by atoms with Crippen molar-refractivity contribution in [3.8, 4) is 17.2 Å². The van der Waals surface area contributed by atoms with Crippen LogP contribution in [0.1, 0.15) is 43.0 Å². The largest absolute Gasteiger partial charge is 0.496 e. The minimum atomic E-state index is 0.00403. The lowest BCUT2D eigenvalue weighted by molar-refractivity contribution is 0.0604. The quantitative estimate of drug-likeness (QED) is 0.838. The number of methoxy groups -OCH3 is 3. The van der Waals surface area contributed by atoms with Crippen LogP contribution in [0.3, 0.4) is 0 Å². The second-order valence-corrected chi connectivity index (χ2v) is 5.46. The Labute approximate surface area is 132 Å². The SMILES string of the molecule is CCC1CCCCN1C(=O)c1cc(OC)c(OC)cc1OC. The minimum Gasteiger partial charge on any atom is -0.496 e. The molecule has 122 valence electrons. The highest BCUT2D eigenvalue weighted by Crippen LogP contribution is 2.36. The van der Waals surface area contributed by atoms with E-state index in [1.807, 2.05) is 4.90 Å². The highest BCUT2D eigenvalue weighted by atomic mass is 16.5. The van der Waals surface area contributed by atoms with Crippen LogP contribution in [0.2, 0.25) is 0 Å². The van der Waals surface area contributed by atoms with Gasteiger partial charge >= 0.3 is 0 Å². The van der Waals surface area contributed by atoms with E-state index in [1.54, 1.807) is 33.5 Å². The van der Waals surface area contributed by atoms with Gasteiger partial charge in [0.1, 0.15) is 5.75 Å². The van der Waals surface area contributed by atoms with E-state index in [9.17, 15) is 4.79 Å². The van der Waals surface area contributed by atoms with Crippen molar-refractivity contribution in [2.24, 2.45) is 0 Å². The van der Waals surface area contributed by atoms with Crippen LogP contribution >= 0.6 is 0 Å². The average Bonchev–Trinajstić information content (AvgIpc) is 2.59. The zero-order valence-corrected chi connectivity index (χ0v) is 13.8. The van der Waals surface area contributed by atoms with Gasteiger partial charge in [0.25, 0.3) is 5.91 Å². The third-order valence-electron chi connectivity index (χ3n) is 4.30. The summed E-state index contributed by atoms with van der Waals surface area (Å²) in [7, 11) is 4.69. The summed E-state index contributed by atoms with van der Waals surface area (Å²) in [4.78, 5) is 14.9. The smallest absolute Gasteiger partial charge is 0.258 e. The number of benzene rings is 1.